The van der Waals surface area contributed by atoms with Crippen molar-refractivity contribution >= 4 is 6.03 Å². The molecule has 0 rings (SSSR count). The number of aliphatic hydroxyl groups is 1. The number of carbonyl (C=O) groups is 1. The molecule has 0 aromatic carbocycles. The number of hydrogen-bond acceptors (Lipinski definition) is 2. The molecule has 0 aliphatic rings. The third kappa shape index (κ3) is 5.16. The van der Waals surface area contributed by atoms with Crippen LogP contribution in [0.4, 0.5) is 4.79 Å². The Morgan fingerprint density at radius 1 is 1.56 bits per heavy atom. The van der Waals surface area contributed by atoms with Crippen LogP contribution in [0, 0.1) is 5.92 Å². The molecule has 0 aliphatic carbocycles. The molecule has 2 atom stereocenters. The number of urea groups is 1. The van der Waals surface area contributed by atoms with E-state index in [2.05, 4.69) is 25.7 Å². The number of hydrogen-bond donors (Lipinski definition) is 2. The van der Waals surface area contributed by atoms with Crippen LogP contribution in [0.25, 0.3) is 0 Å². The molecular weight excluding hydrogens is 204 g/mol. The van der Waals surface area contributed by atoms with Crippen LogP contribution >= 0.6 is 0 Å². The first kappa shape index (κ1) is 15.0. The highest BCUT2D eigenvalue weighted by atomic mass is 16.3. The van der Waals surface area contributed by atoms with Gasteiger partial charge in [0.05, 0.1) is 6.61 Å². The van der Waals surface area contributed by atoms with Crippen LogP contribution in [-0.2, 0) is 0 Å². The highest BCUT2D eigenvalue weighted by Gasteiger charge is 2.16. The van der Waals surface area contributed by atoms with Crippen LogP contribution < -0.4 is 5.32 Å². The smallest absolute Gasteiger partial charge is 0.317 e. The monoisotopic (exact) mass is 228 g/mol. The van der Waals surface area contributed by atoms with Crippen molar-refractivity contribution in [3.8, 4) is 0 Å². The van der Waals surface area contributed by atoms with Crippen LogP contribution in [0.2, 0.25) is 0 Å². The summed E-state index contributed by atoms with van der Waals surface area (Å²) in [6.45, 7) is 10.6. The van der Waals surface area contributed by atoms with Crippen molar-refractivity contribution in [1.82, 2.24) is 10.2 Å². The summed E-state index contributed by atoms with van der Waals surface area (Å²) in [5.74, 6) is 0.448. The van der Waals surface area contributed by atoms with E-state index in [9.17, 15) is 4.79 Å². The Morgan fingerprint density at radius 2 is 2.19 bits per heavy atom. The van der Waals surface area contributed by atoms with E-state index in [1.54, 1.807) is 11.0 Å². The molecule has 0 heterocycles. The van der Waals surface area contributed by atoms with Crippen LogP contribution in [-0.4, -0.2) is 41.8 Å². The number of carbonyl (C=O) groups excluding carboxylic acids is 1. The minimum absolute atomic E-state index is 0.0288. The van der Waals surface area contributed by atoms with Crippen LogP contribution in [0.1, 0.15) is 27.2 Å². The van der Waals surface area contributed by atoms with Crippen molar-refractivity contribution in [2.75, 3.05) is 19.7 Å². The number of nitrogens with one attached hydrogen (secondary N) is 1. The zero-order chi connectivity index (χ0) is 12.6. The first-order valence-corrected chi connectivity index (χ1v) is 5.83. The van der Waals surface area contributed by atoms with Crippen molar-refractivity contribution < 1.29 is 9.90 Å². The Balaban J connectivity index is 4.22. The van der Waals surface area contributed by atoms with E-state index in [1.807, 2.05) is 6.92 Å². The molecule has 94 valence electrons. The molecule has 16 heavy (non-hydrogen) atoms. The van der Waals surface area contributed by atoms with Gasteiger partial charge >= 0.3 is 6.03 Å². The minimum atomic E-state index is -0.137. The number of nitrogens with zero attached hydrogens (tertiary/aromatic N) is 1. The van der Waals surface area contributed by atoms with Crippen LogP contribution in [0.15, 0.2) is 12.7 Å². The van der Waals surface area contributed by atoms with E-state index >= 15 is 0 Å². The maximum Gasteiger partial charge on any atom is 0.317 e. The van der Waals surface area contributed by atoms with Gasteiger partial charge in [0.1, 0.15) is 0 Å². The second-order valence-electron chi connectivity index (χ2n) is 4.08. The van der Waals surface area contributed by atoms with E-state index in [0.29, 0.717) is 19.0 Å². The second-order valence-corrected chi connectivity index (χ2v) is 4.08. The zero-order valence-corrected chi connectivity index (χ0v) is 10.6. The van der Waals surface area contributed by atoms with Crippen LogP contribution in [0.5, 0.6) is 0 Å². The summed E-state index contributed by atoms with van der Waals surface area (Å²) in [4.78, 5) is 13.4. The third-order valence-corrected chi connectivity index (χ3v) is 2.86. The van der Waals surface area contributed by atoms with Gasteiger partial charge in [-0.25, -0.2) is 4.79 Å². The lowest BCUT2D eigenvalue weighted by Crippen LogP contribution is -2.46. The predicted molar refractivity (Wildman–Crippen MR) is 66.3 cm³/mol. The number of rotatable bonds is 7. The molecule has 0 aliphatic heterocycles. The molecule has 2 unspecified atom stereocenters. The lowest BCUT2D eigenvalue weighted by molar-refractivity contribution is 0.178. The molecule has 0 spiro atoms. The predicted octanol–water partition coefficient (Wildman–Crippen LogP) is 1.61. The molecule has 0 aromatic rings. The second kappa shape index (κ2) is 8.16. The fourth-order valence-corrected chi connectivity index (χ4v) is 1.33. The molecule has 2 amide bonds. The average Bonchev–Trinajstić information content (AvgIpc) is 2.27. The van der Waals surface area contributed by atoms with Gasteiger partial charge in [0.25, 0.3) is 0 Å². The molecule has 4 nitrogen and oxygen atoms in total. The molecule has 0 saturated heterocycles. The lowest BCUT2D eigenvalue weighted by Gasteiger charge is -2.26. The highest BCUT2D eigenvalue weighted by Crippen LogP contribution is 2.07. The molecule has 0 saturated carbocycles. The maximum atomic E-state index is 11.8. The van der Waals surface area contributed by atoms with Gasteiger partial charge in [-0.2, -0.15) is 0 Å². The van der Waals surface area contributed by atoms with Gasteiger partial charge in [0.15, 0.2) is 0 Å². The van der Waals surface area contributed by atoms with Crippen molar-refractivity contribution in [3.63, 3.8) is 0 Å². The van der Waals surface area contributed by atoms with Crippen molar-refractivity contribution in [2.45, 2.75) is 33.2 Å². The highest BCUT2D eigenvalue weighted by molar-refractivity contribution is 5.74. The fourth-order valence-electron chi connectivity index (χ4n) is 1.33. The van der Waals surface area contributed by atoms with E-state index < -0.39 is 0 Å². The Kier molecular flexibility index (Phi) is 7.64. The molecular formula is C12H24N2O2. The van der Waals surface area contributed by atoms with Gasteiger partial charge in [0.2, 0.25) is 0 Å². The lowest BCUT2D eigenvalue weighted by atomic mass is 10.0. The molecule has 0 bridgehead atoms. The summed E-state index contributed by atoms with van der Waals surface area (Å²) in [5, 5.41) is 11.8. The Hall–Kier alpha value is -1.03. The summed E-state index contributed by atoms with van der Waals surface area (Å²) >= 11 is 0. The van der Waals surface area contributed by atoms with E-state index in [1.165, 1.54) is 0 Å². The minimum Gasteiger partial charge on any atom is -0.395 e. The number of aliphatic hydroxyl groups excluding tert-OH is 1. The summed E-state index contributed by atoms with van der Waals surface area (Å²) in [6, 6.07) is 0.00487. The largest absolute Gasteiger partial charge is 0.395 e. The van der Waals surface area contributed by atoms with Crippen molar-refractivity contribution in [1.29, 1.82) is 0 Å². The number of amides is 2. The van der Waals surface area contributed by atoms with Gasteiger partial charge in [-0.05, 0) is 12.8 Å². The summed E-state index contributed by atoms with van der Waals surface area (Å²) < 4.78 is 0. The van der Waals surface area contributed by atoms with Gasteiger partial charge in [-0.15, -0.1) is 6.58 Å². The fraction of sp³-hybridized carbons (Fsp3) is 0.750. The standard InChI is InChI=1S/C12H24N2O2/c1-5-7-14(8-9-15)12(16)13-11(4)10(3)6-2/h5,10-11,15H,1,6-9H2,2-4H3,(H,13,16). The van der Waals surface area contributed by atoms with E-state index in [0.717, 1.165) is 6.42 Å². The average molecular weight is 228 g/mol. The van der Waals surface area contributed by atoms with Gasteiger partial charge in [0, 0.05) is 19.1 Å². The van der Waals surface area contributed by atoms with Gasteiger partial charge in [-0.1, -0.05) is 26.3 Å². The summed E-state index contributed by atoms with van der Waals surface area (Å²) in [6.07, 6.45) is 2.69. The Labute approximate surface area is 98.3 Å². The van der Waals surface area contributed by atoms with Gasteiger partial charge < -0.3 is 15.3 Å². The van der Waals surface area contributed by atoms with E-state index in [4.69, 9.17) is 5.11 Å². The van der Waals surface area contributed by atoms with Gasteiger partial charge in [-0.3, -0.25) is 0 Å². The van der Waals surface area contributed by atoms with Crippen LogP contribution in [0.3, 0.4) is 0 Å². The van der Waals surface area contributed by atoms with E-state index in [-0.39, 0.29) is 18.7 Å². The maximum absolute atomic E-state index is 11.8. The van der Waals surface area contributed by atoms with Crippen molar-refractivity contribution in [3.05, 3.63) is 12.7 Å². The summed E-state index contributed by atoms with van der Waals surface area (Å²) in [7, 11) is 0. The molecule has 2 N–H and O–H groups in total. The Bertz CT molecular complexity index is 219. The quantitative estimate of drug-likeness (QED) is 0.650. The molecule has 0 radical (unpaired) electrons. The molecule has 0 fully saturated rings. The normalized spacial score (nSPS) is 14.0. The first-order chi connectivity index (χ1) is 7.56. The molecule has 4 heteroatoms. The zero-order valence-electron chi connectivity index (χ0n) is 10.6. The SMILES string of the molecule is C=CCN(CCO)C(=O)NC(C)C(C)CC. The third-order valence-electron chi connectivity index (χ3n) is 2.86. The first-order valence-electron chi connectivity index (χ1n) is 5.83. The molecule has 0 aromatic heterocycles. The Morgan fingerprint density at radius 3 is 2.62 bits per heavy atom. The van der Waals surface area contributed by atoms with Crippen molar-refractivity contribution in [2.24, 2.45) is 5.92 Å². The summed E-state index contributed by atoms with van der Waals surface area (Å²) in [5.41, 5.74) is 0. The topological polar surface area (TPSA) is 52.6 Å².